The first-order chi connectivity index (χ1) is 16.5. The first kappa shape index (κ1) is 23.8. The van der Waals surface area contributed by atoms with Gasteiger partial charge in [0.15, 0.2) is 0 Å². The van der Waals surface area contributed by atoms with Crippen molar-refractivity contribution in [3.8, 4) is 5.75 Å². The molecule has 0 N–H and O–H groups in total. The van der Waals surface area contributed by atoms with Crippen molar-refractivity contribution >= 4 is 23.4 Å². The number of hydrogen-bond acceptors (Lipinski definition) is 3. The van der Waals surface area contributed by atoms with Crippen molar-refractivity contribution in [2.45, 2.75) is 25.3 Å². The van der Waals surface area contributed by atoms with Crippen LogP contribution in [-0.2, 0) is 6.42 Å². The Hall–Kier alpha value is -3.31. The highest BCUT2D eigenvalue weighted by molar-refractivity contribution is 6.30. The average Bonchev–Trinajstić information content (AvgIpc) is 2.86. The predicted octanol–water partition coefficient (Wildman–Crippen LogP) is 5.34. The lowest BCUT2D eigenvalue weighted by Gasteiger charge is -2.33. The number of carbonyl (C=O) groups excluding carboxylic acids is 2. The molecule has 1 heterocycles. The fourth-order valence-electron chi connectivity index (χ4n) is 4.25. The normalized spacial score (nSPS) is 17.2. The van der Waals surface area contributed by atoms with Crippen molar-refractivity contribution in [2.75, 3.05) is 26.7 Å². The van der Waals surface area contributed by atoms with Gasteiger partial charge in [0, 0.05) is 30.7 Å². The van der Waals surface area contributed by atoms with E-state index >= 15 is 0 Å². The predicted molar refractivity (Wildman–Crippen MR) is 135 cm³/mol. The van der Waals surface area contributed by atoms with Gasteiger partial charge in [-0.15, -0.1) is 0 Å². The second-order valence-electron chi connectivity index (χ2n) is 8.59. The number of nitrogens with zero attached hydrogens (tertiary/aromatic N) is 2. The van der Waals surface area contributed by atoms with Gasteiger partial charge in [-0.25, -0.2) is 0 Å². The fourth-order valence-corrected chi connectivity index (χ4v) is 4.37. The molecule has 3 aromatic carbocycles. The number of amides is 2. The lowest BCUT2D eigenvalue weighted by Crippen LogP contribution is -2.46. The molecule has 0 aliphatic carbocycles. The average molecular weight is 477 g/mol. The third kappa shape index (κ3) is 5.78. The maximum Gasteiger partial charge on any atom is 0.257 e. The van der Waals surface area contributed by atoms with Crippen molar-refractivity contribution < 1.29 is 14.3 Å². The van der Waals surface area contributed by atoms with Gasteiger partial charge in [0.05, 0.1) is 11.6 Å². The van der Waals surface area contributed by atoms with Crippen LogP contribution in [-0.4, -0.2) is 54.4 Å². The third-order valence-corrected chi connectivity index (χ3v) is 6.40. The molecule has 5 nitrogen and oxygen atoms in total. The molecule has 0 saturated carbocycles. The third-order valence-electron chi connectivity index (χ3n) is 6.14. The topological polar surface area (TPSA) is 49.9 Å². The Bertz CT molecular complexity index is 1120. The smallest absolute Gasteiger partial charge is 0.257 e. The van der Waals surface area contributed by atoms with E-state index in [1.54, 1.807) is 42.3 Å². The fraction of sp³-hybridized carbons (Fsp3) is 0.286. The van der Waals surface area contributed by atoms with Gasteiger partial charge in [-0.3, -0.25) is 9.59 Å². The number of rotatable bonds is 3. The minimum Gasteiger partial charge on any atom is -0.491 e. The van der Waals surface area contributed by atoms with E-state index < -0.39 is 0 Å². The van der Waals surface area contributed by atoms with Crippen LogP contribution in [0.1, 0.15) is 39.1 Å². The summed E-state index contributed by atoms with van der Waals surface area (Å²) in [6.45, 7) is 1.47. The van der Waals surface area contributed by atoms with Crippen LogP contribution in [0.2, 0.25) is 5.02 Å². The van der Waals surface area contributed by atoms with Crippen LogP contribution in [0.15, 0.2) is 78.9 Å². The van der Waals surface area contributed by atoms with Gasteiger partial charge < -0.3 is 14.5 Å². The molecule has 3 aromatic rings. The molecule has 1 atom stereocenters. The summed E-state index contributed by atoms with van der Waals surface area (Å²) >= 11 is 6.06. The molecule has 0 spiro atoms. The van der Waals surface area contributed by atoms with Crippen LogP contribution in [0.5, 0.6) is 5.75 Å². The molecular weight excluding hydrogens is 448 g/mol. The first-order valence-corrected chi connectivity index (χ1v) is 12.0. The van der Waals surface area contributed by atoms with Crippen molar-refractivity contribution in [1.82, 2.24) is 9.80 Å². The minimum atomic E-state index is -0.203. The van der Waals surface area contributed by atoms with Gasteiger partial charge in [0.2, 0.25) is 0 Å². The summed E-state index contributed by atoms with van der Waals surface area (Å²) in [6, 6.07) is 24.2. The van der Waals surface area contributed by atoms with Gasteiger partial charge in [-0.2, -0.15) is 0 Å². The molecule has 0 saturated heterocycles. The largest absolute Gasteiger partial charge is 0.491 e. The van der Waals surface area contributed by atoms with Crippen molar-refractivity contribution in [3.63, 3.8) is 0 Å². The zero-order chi connectivity index (χ0) is 23.9. The van der Waals surface area contributed by atoms with E-state index in [9.17, 15) is 9.59 Å². The van der Waals surface area contributed by atoms with Crippen LogP contribution >= 0.6 is 11.6 Å². The second-order valence-corrected chi connectivity index (χ2v) is 9.03. The van der Waals surface area contributed by atoms with Crippen LogP contribution in [0.4, 0.5) is 0 Å². The monoisotopic (exact) mass is 476 g/mol. The number of ether oxygens (including phenoxy) is 1. The van der Waals surface area contributed by atoms with E-state index in [0.29, 0.717) is 41.4 Å². The highest BCUT2D eigenvalue weighted by Gasteiger charge is 2.27. The number of para-hydroxylation sites is 1. The lowest BCUT2D eigenvalue weighted by atomic mass is 10.0. The molecular formula is C28H29ClN2O3. The molecule has 2 amide bonds. The summed E-state index contributed by atoms with van der Waals surface area (Å²) in [7, 11) is 1.81. The summed E-state index contributed by atoms with van der Waals surface area (Å²) < 4.78 is 6.24. The number of halogens is 1. The molecule has 6 heteroatoms. The SMILES string of the molecule is CN1CCCCN(C(=O)c2ccc(Cl)cc2)[C@@H](Cc2ccccc2)COc2ccccc2C1=O. The van der Waals surface area contributed by atoms with Gasteiger partial charge in [-0.05, 0) is 61.2 Å². The van der Waals surface area contributed by atoms with Gasteiger partial charge >= 0.3 is 0 Å². The highest BCUT2D eigenvalue weighted by Crippen LogP contribution is 2.23. The standard InChI is InChI=1S/C28H29ClN2O3/c1-30-17-7-8-18-31(27(32)22-13-15-23(29)16-14-22)24(19-21-9-3-2-4-10-21)20-34-26-12-6-5-11-25(26)28(30)33/h2-6,9-16,24H,7-8,17-20H2,1H3/t24-/m0/s1. The van der Waals surface area contributed by atoms with E-state index in [1.165, 1.54) is 0 Å². The van der Waals surface area contributed by atoms with Gasteiger partial charge in [0.25, 0.3) is 11.8 Å². The summed E-state index contributed by atoms with van der Waals surface area (Å²) in [5.74, 6) is 0.442. The molecule has 0 radical (unpaired) electrons. The quantitative estimate of drug-likeness (QED) is 0.512. The maximum absolute atomic E-state index is 13.7. The Morgan fingerprint density at radius 3 is 2.38 bits per heavy atom. The number of benzene rings is 3. The molecule has 4 rings (SSSR count). The van der Waals surface area contributed by atoms with Gasteiger partial charge in [-0.1, -0.05) is 54.1 Å². The van der Waals surface area contributed by atoms with Crippen LogP contribution in [0, 0.1) is 0 Å². The minimum absolute atomic E-state index is 0.0454. The summed E-state index contributed by atoms with van der Waals surface area (Å²) in [4.78, 5) is 30.3. The molecule has 0 bridgehead atoms. The molecule has 176 valence electrons. The molecule has 0 fully saturated rings. The van der Waals surface area contributed by atoms with Crippen LogP contribution in [0.25, 0.3) is 0 Å². The molecule has 0 aromatic heterocycles. The van der Waals surface area contributed by atoms with Crippen molar-refractivity contribution in [3.05, 3.63) is 101 Å². The Morgan fingerprint density at radius 2 is 1.62 bits per heavy atom. The summed E-state index contributed by atoms with van der Waals surface area (Å²) in [6.07, 6.45) is 2.23. The van der Waals surface area contributed by atoms with Gasteiger partial charge in [0.1, 0.15) is 12.4 Å². The molecule has 1 aliphatic heterocycles. The zero-order valence-electron chi connectivity index (χ0n) is 19.3. The van der Waals surface area contributed by atoms with E-state index in [2.05, 4.69) is 12.1 Å². The summed E-state index contributed by atoms with van der Waals surface area (Å²) in [5.41, 5.74) is 2.27. The van der Waals surface area contributed by atoms with E-state index in [1.807, 2.05) is 41.3 Å². The number of carbonyl (C=O) groups is 2. The molecule has 1 aliphatic rings. The van der Waals surface area contributed by atoms with Crippen LogP contribution < -0.4 is 4.74 Å². The Kier molecular flexibility index (Phi) is 7.86. The molecule has 0 unspecified atom stereocenters. The summed E-state index contributed by atoms with van der Waals surface area (Å²) in [5, 5.41) is 0.596. The first-order valence-electron chi connectivity index (χ1n) is 11.6. The lowest BCUT2D eigenvalue weighted by molar-refractivity contribution is 0.0590. The van der Waals surface area contributed by atoms with E-state index in [-0.39, 0.29) is 24.5 Å². The zero-order valence-corrected chi connectivity index (χ0v) is 20.1. The number of hydrogen-bond donors (Lipinski definition) is 0. The highest BCUT2D eigenvalue weighted by atomic mass is 35.5. The van der Waals surface area contributed by atoms with Crippen molar-refractivity contribution in [2.24, 2.45) is 0 Å². The second kappa shape index (κ2) is 11.2. The number of fused-ring (bicyclic) bond motifs is 1. The van der Waals surface area contributed by atoms with Crippen LogP contribution in [0.3, 0.4) is 0 Å². The Morgan fingerprint density at radius 1 is 0.941 bits per heavy atom. The van der Waals surface area contributed by atoms with E-state index in [0.717, 1.165) is 18.4 Å². The Labute approximate surface area is 205 Å². The van der Waals surface area contributed by atoms with Crippen molar-refractivity contribution in [1.29, 1.82) is 0 Å². The maximum atomic E-state index is 13.7. The molecule has 34 heavy (non-hydrogen) atoms. The van der Waals surface area contributed by atoms with E-state index in [4.69, 9.17) is 16.3 Å². The Balaban J connectivity index is 1.69.